The second-order valence-corrected chi connectivity index (χ2v) is 9.03. The number of aliphatic imine (C=N–C) groups is 1. The van der Waals surface area contributed by atoms with Crippen molar-refractivity contribution >= 4 is 17.8 Å². The lowest BCUT2D eigenvalue weighted by molar-refractivity contribution is -0.128. The van der Waals surface area contributed by atoms with Gasteiger partial charge in [0.25, 0.3) is 0 Å². The Hall–Kier alpha value is -2.57. The maximum Gasteiger partial charge on any atom is 0.243 e. The number of nitrogens with zero attached hydrogens (tertiary/aromatic N) is 3. The molecule has 162 valence electrons. The molecular weight excluding hydrogens is 378 g/mol. The highest BCUT2D eigenvalue weighted by atomic mass is 16.2. The highest BCUT2D eigenvalue weighted by Gasteiger charge is 2.39. The molecule has 3 aliphatic rings. The number of benzene rings is 1. The third kappa shape index (κ3) is 5.12. The molecule has 1 aliphatic heterocycles. The molecule has 4 rings (SSSR count). The van der Waals surface area contributed by atoms with Gasteiger partial charge in [0, 0.05) is 51.6 Å². The number of amides is 2. The number of hydrogen-bond acceptors (Lipinski definition) is 3. The van der Waals surface area contributed by atoms with Gasteiger partial charge in [0.1, 0.15) is 6.54 Å². The van der Waals surface area contributed by atoms with Gasteiger partial charge in [0.2, 0.25) is 11.8 Å². The molecule has 2 N–H and O–H groups in total. The van der Waals surface area contributed by atoms with Crippen LogP contribution in [-0.4, -0.2) is 73.4 Å². The minimum atomic E-state index is -0.0268. The molecule has 2 fully saturated rings. The Balaban J connectivity index is 1.36. The van der Waals surface area contributed by atoms with Gasteiger partial charge >= 0.3 is 0 Å². The number of carbonyl (C=O) groups is 2. The van der Waals surface area contributed by atoms with Gasteiger partial charge in [-0.15, -0.1) is 0 Å². The predicted octanol–water partition coefficient (Wildman–Crippen LogP) is 1.18. The highest BCUT2D eigenvalue weighted by molar-refractivity contribution is 5.85. The molecule has 0 spiro atoms. The van der Waals surface area contributed by atoms with Crippen LogP contribution in [0.3, 0.4) is 0 Å². The fraction of sp³-hybridized carbons (Fsp3) is 0.609. The van der Waals surface area contributed by atoms with Gasteiger partial charge in [-0.2, -0.15) is 0 Å². The zero-order chi connectivity index (χ0) is 21.1. The second-order valence-electron chi connectivity index (χ2n) is 9.03. The zero-order valence-corrected chi connectivity index (χ0v) is 18.1. The van der Waals surface area contributed by atoms with E-state index in [0.717, 1.165) is 38.6 Å². The lowest BCUT2D eigenvalue weighted by Crippen LogP contribution is -2.47. The molecule has 2 amide bonds. The summed E-state index contributed by atoms with van der Waals surface area (Å²) in [6.07, 6.45) is 5.94. The molecule has 1 saturated heterocycles. The Kier molecular flexibility index (Phi) is 6.25. The molecule has 30 heavy (non-hydrogen) atoms. The van der Waals surface area contributed by atoms with E-state index in [-0.39, 0.29) is 24.4 Å². The lowest BCUT2D eigenvalue weighted by atomic mass is 9.88. The van der Waals surface area contributed by atoms with E-state index in [1.54, 1.807) is 19.0 Å². The molecule has 1 heterocycles. The summed E-state index contributed by atoms with van der Waals surface area (Å²) in [6, 6.07) is 9.36. The summed E-state index contributed by atoms with van der Waals surface area (Å²) in [5.74, 6) is 1.22. The van der Waals surface area contributed by atoms with E-state index in [4.69, 9.17) is 0 Å². The van der Waals surface area contributed by atoms with E-state index in [2.05, 4.69) is 39.9 Å². The monoisotopic (exact) mass is 411 g/mol. The number of likely N-dealkylation sites (N-methyl/N-ethyl adjacent to an activating group) is 1. The minimum absolute atomic E-state index is 0.0268. The van der Waals surface area contributed by atoms with Gasteiger partial charge in [0.15, 0.2) is 5.96 Å². The maximum absolute atomic E-state index is 12.2. The average molecular weight is 412 g/mol. The molecule has 1 aromatic carbocycles. The molecule has 1 aromatic rings. The van der Waals surface area contributed by atoms with Crippen LogP contribution in [-0.2, 0) is 22.4 Å². The fourth-order valence-corrected chi connectivity index (χ4v) is 4.38. The quantitative estimate of drug-likeness (QED) is 0.544. The van der Waals surface area contributed by atoms with E-state index in [1.807, 2.05) is 4.90 Å². The van der Waals surface area contributed by atoms with Crippen LogP contribution in [0.5, 0.6) is 0 Å². The van der Waals surface area contributed by atoms with Gasteiger partial charge in [-0.05, 0) is 43.2 Å². The van der Waals surface area contributed by atoms with Crippen molar-refractivity contribution in [3.63, 3.8) is 0 Å². The Morgan fingerprint density at radius 2 is 1.93 bits per heavy atom. The lowest BCUT2D eigenvalue weighted by Gasteiger charge is -2.27. The van der Waals surface area contributed by atoms with Crippen LogP contribution in [0.1, 0.15) is 36.8 Å². The van der Waals surface area contributed by atoms with Gasteiger partial charge in [-0.1, -0.05) is 24.3 Å². The van der Waals surface area contributed by atoms with Crippen LogP contribution < -0.4 is 10.6 Å². The van der Waals surface area contributed by atoms with Gasteiger partial charge < -0.3 is 20.4 Å². The first-order valence-electron chi connectivity index (χ1n) is 11.1. The summed E-state index contributed by atoms with van der Waals surface area (Å²) >= 11 is 0. The molecule has 2 aliphatic carbocycles. The Morgan fingerprint density at radius 3 is 2.67 bits per heavy atom. The highest BCUT2D eigenvalue weighted by Crippen LogP contribution is 2.32. The first-order chi connectivity index (χ1) is 14.5. The zero-order valence-electron chi connectivity index (χ0n) is 18.1. The van der Waals surface area contributed by atoms with Crippen LogP contribution in [0.2, 0.25) is 0 Å². The van der Waals surface area contributed by atoms with Crippen LogP contribution in [0.15, 0.2) is 29.3 Å². The average Bonchev–Trinajstić information content (AvgIpc) is 3.51. The molecular formula is C23H33N5O2. The van der Waals surface area contributed by atoms with Crippen molar-refractivity contribution in [3.05, 3.63) is 35.4 Å². The summed E-state index contributed by atoms with van der Waals surface area (Å²) in [4.78, 5) is 32.4. The maximum atomic E-state index is 12.2. The third-order valence-electron chi connectivity index (χ3n) is 6.34. The number of hydrogen-bond donors (Lipinski definition) is 2. The van der Waals surface area contributed by atoms with Crippen LogP contribution in [0.4, 0.5) is 0 Å². The van der Waals surface area contributed by atoms with E-state index < -0.39 is 0 Å². The van der Waals surface area contributed by atoms with Crippen molar-refractivity contribution in [2.45, 2.75) is 50.6 Å². The second kappa shape index (κ2) is 9.06. The smallest absolute Gasteiger partial charge is 0.243 e. The Morgan fingerprint density at radius 1 is 1.17 bits per heavy atom. The van der Waals surface area contributed by atoms with E-state index in [0.29, 0.717) is 30.9 Å². The van der Waals surface area contributed by atoms with Crippen molar-refractivity contribution in [3.8, 4) is 0 Å². The van der Waals surface area contributed by atoms with Gasteiger partial charge in [0.05, 0.1) is 0 Å². The standard InChI is InChI=1S/C23H33N5O2/c1-27(2)22(30)14-25-23(24-13-16-11-21(29)28(15-16)20-9-10-20)26-19-8-7-17-5-3-4-6-18(17)12-19/h3-6,16,19-20H,7-15H2,1-2H3,(H2,24,25,26). The minimum Gasteiger partial charge on any atom is -0.356 e. The number of aryl methyl sites for hydroxylation is 1. The number of rotatable bonds is 6. The normalized spacial score (nSPS) is 23.9. The fourth-order valence-electron chi connectivity index (χ4n) is 4.38. The van der Waals surface area contributed by atoms with Crippen LogP contribution in [0.25, 0.3) is 0 Å². The first-order valence-corrected chi connectivity index (χ1v) is 11.1. The summed E-state index contributed by atoms with van der Waals surface area (Å²) in [5.41, 5.74) is 2.81. The van der Waals surface area contributed by atoms with Crippen molar-refractivity contribution in [2.75, 3.05) is 33.7 Å². The Bertz CT molecular complexity index is 818. The molecule has 0 bridgehead atoms. The van der Waals surface area contributed by atoms with Crippen molar-refractivity contribution < 1.29 is 9.59 Å². The Labute approximate surface area is 178 Å². The molecule has 2 unspecified atom stereocenters. The number of nitrogens with one attached hydrogen (secondary N) is 2. The van der Waals surface area contributed by atoms with Gasteiger partial charge in [-0.3, -0.25) is 9.59 Å². The largest absolute Gasteiger partial charge is 0.356 e. The molecule has 0 radical (unpaired) electrons. The van der Waals surface area contributed by atoms with E-state index in [1.165, 1.54) is 11.1 Å². The third-order valence-corrected chi connectivity index (χ3v) is 6.34. The number of carbonyl (C=O) groups excluding carboxylic acids is 2. The van der Waals surface area contributed by atoms with E-state index >= 15 is 0 Å². The van der Waals surface area contributed by atoms with Crippen LogP contribution >= 0.6 is 0 Å². The van der Waals surface area contributed by atoms with Crippen molar-refractivity contribution in [1.29, 1.82) is 0 Å². The molecule has 1 saturated carbocycles. The summed E-state index contributed by atoms with van der Waals surface area (Å²) < 4.78 is 0. The van der Waals surface area contributed by atoms with Crippen LogP contribution in [0, 0.1) is 5.92 Å². The first kappa shape index (κ1) is 20.7. The summed E-state index contributed by atoms with van der Waals surface area (Å²) in [6.45, 7) is 1.64. The summed E-state index contributed by atoms with van der Waals surface area (Å²) in [7, 11) is 3.49. The SMILES string of the molecule is CN(C)C(=O)CN=C(NCC1CC(=O)N(C2CC2)C1)NC1CCc2ccccc2C1. The molecule has 7 heteroatoms. The predicted molar refractivity (Wildman–Crippen MR) is 117 cm³/mol. The number of likely N-dealkylation sites (tertiary alicyclic amines) is 1. The molecule has 0 aromatic heterocycles. The topological polar surface area (TPSA) is 77.0 Å². The number of guanidine groups is 1. The molecule has 2 atom stereocenters. The summed E-state index contributed by atoms with van der Waals surface area (Å²) in [5, 5.41) is 6.96. The van der Waals surface area contributed by atoms with E-state index in [9.17, 15) is 9.59 Å². The van der Waals surface area contributed by atoms with Crippen molar-refractivity contribution in [2.24, 2.45) is 10.9 Å². The number of fused-ring (bicyclic) bond motifs is 1. The molecule has 7 nitrogen and oxygen atoms in total. The van der Waals surface area contributed by atoms with Gasteiger partial charge in [-0.25, -0.2) is 4.99 Å². The van der Waals surface area contributed by atoms with Crippen molar-refractivity contribution in [1.82, 2.24) is 20.4 Å².